The molecule has 2 aliphatic heterocycles. The van der Waals surface area contributed by atoms with E-state index in [1.54, 1.807) is 24.0 Å². The largest absolute Gasteiger partial charge is 0.354 e. The SMILES string of the molecule is Cc1ccc(C(=O)N2CCCC(CNC(=O)C3CCCN3)C2)cc1F.Cl. The first-order valence-electron chi connectivity index (χ1n) is 9.11. The van der Waals surface area contributed by atoms with Gasteiger partial charge in [-0.3, -0.25) is 9.59 Å². The van der Waals surface area contributed by atoms with Crippen molar-refractivity contribution < 1.29 is 14.0 Å². The summed E-state index contributed by atoms with van der Waals surface area (Å²) < 4.78 is 13.7. The van der Waals surface area contributed by atoms with E-state index in [1.165, 1.54) is 6.07 Å². The fraction of sp³-hybridized carbons (Fsp3) is 0.579. The summed E-state index contributed by atoms with van der Waals surface area (Å²) in [6, 6.07) is 4.56. The number of hydrogen-bond acceptors (Lipinski definition) is 3. The number of hydrogen-bond donors (Lipinski definition) is 2. The molecule has 1 aromatic carbocycles. The van der Waals surface area contributed by atoms with E-state index in [0.717, 1.165) is 32.2 Å². The average molecular weight is 384 g/mol. The quantitative estimate of drug-likeness (QED) is 0.838. The van der Waals surface area contributed by atoms with Crippen LogP contribution < -0.4 is 10.6 Å². The van der Waals surface area contributed by atoms with Crippen LogP contribution >= 0.6 is 12.4 Å². The molecular weight excluding hydrogens is 357 g/mol. The Morgan fingerprint density at radius 3 is 2.81 bits per heavy atom. The summed E-state index contributed by atoms with van der Waals surface area (Å²) in [5.41, 5.74) is 0.930. The minimum absolute atomic E-state index is 0. The fourth-order valence-corrected chi connectivity index (χ4v) is 3.60. The zero-order chi connectivity index (χ0) is 17.8. The Morgan fingerprint density at radius 1 is 1.31 bits per heavy atom. The summed E-state index contributed by atoms with van der Waals surface area (Å²) in [4.78, 5) is 26.5. The lowest BCUT2D eigenvalue weighted by Crippen LogP contribution is -2.46. The molecule has 2 fully saturated rings. The standard InChI is InChI=1S/C19H26FN3O2.ClH/c1-13-6-7-15(10-16(13)20)19(25)23-9-3-4-14(12-23)11-22-18(24)17-5-2-8-21-17;/h6-7,10,14,17,21H,2-5,8-9,11-12H2,1H3,(H,22,24);1H. The van der Waals surface area contributed by atoms with Crippen molar-refractivity contribution in [3.05, 3.63) is 35.1 Å². The van der Waals surface area contributed by atoms with Crippen molar-refractivity contribution in [1.82, 2.24) is 15.5 Å². The van der Waals surface area contributed by atoms with Gasteiger partial charge in [0.25, 0.3) is 5.91 Å². The second-order valence-corrected chi connectivity index (χ2v) is 7.12. The highest BCUT2D eigenvalue weighted by Gasteiger charge is 2.27. The Hall–Kier alpha value is -1.66. The van der Waals surface area contributed by atoms with Gasteiger partial charge in [0.05, 0.1) is 6.04 Å². The smallest absolute Gasteiger partial charge is 0.253 e. The van der Waals surface area contributed by atoms with Gasteiger partial charge in [0, 0.05) is 25.2 Å². The Bertz CT molecular complexity index is 650. The van der Waals surface area contributed by atoms with Gasteiger partial charge in [-0.1, -0.05) is 6.07 Å². The minimum Gasteiger partial charge on any atom is -0.354 e. The van der Waals surface area contributed by atoms with Crippen LogP contribution in [0, 0.1) is 18.7 Å². The van der Waals surface area contributed by atoms with Gasteiger partial charge in [-0.25, -0.2) is 4.39 Å². The predicted molar refractivity (Wildman–Crippen MR) is 101 cm³/mol. The molecule has 7 heteroatoms. The van der Waals surface area contributed by atoms with E-state index in [2.05, 4.69) is 10.6 Å². The highest BCUT2D eigenvalue weighted by molar-refractivity contribution is 5.94. The van der Waals surface area contributed by atoms with Crippen LogP contribution in [-0.2, 0) is 4.79 Å². The molecule has 0 spiro atoms. The van der Waals surface area contributed by atoms with Crippen molar-refractivity contribution in [2.45, 2.75) is 38.6 Å². The van der Waals surface area contributed by atoms with Crippen molar-refractivity contribution in [3.8, 4) is 0 Å². The van der Waals surface area contributed by atoms with E-state index in [4.69, 9.17) is 0 Å². The number of rotatable bonds is 4. The van der Waals surface area contributed by atoms with E-state index in [-0.39, 0.29) is 42.0 Å². The van der Waals surface area contributed by atoms with Gasteiger partial charge in [-0.2, -0.15) is 0 Å². The zero-order valence-corrected chi connectivity index (χ0v) is 15.9. The molecule has 0 saturated carbocycles. The summed E-state index contributed by atoms with van der Waals surface area (Å²) in [6.45, 7) is 4.46. The third-order valence-corrected chi connectivity index (χ3v) is 5.17. The topological polar surface area (TPSA) is 61.4 Å². The number of carbonyl (C=O) groups excluding carboxylic acids is 2. The van der Waals surface area contributed by atoms with Crippen molar-refractivity contribution >= 4 is 24.2 Å². The fourth-order valence-electron chi connectivity index (χ4n) is 3.60. The lowest BCUT2D eigenvalue weighted by molar-refractivity contribution is -0.123. The summed E-state index contributed by atoms with van der Waals surface area (Å²) in [7, 11) is 0. The molecule has 144 valence electrons. The molecule has 0 aliphatic carbocycles. The number of likely N-dealkylation sites (tertiary alicyclic amines) is 1. The maximum absolute atomic E-state index is 13.7. The zero-order valence-electron chi connectivity index (χ0n) is 15.1. The number of carbonyl (C=O) groups is 2. The van der Waals surface area contributed by atoms with E-state index in [0.29, 0.717) is 30.8 Å². The number of nitrogens with zero attached hydrogens (tertiary/aromatic N) is 1. The highest BCUT2D eigenvalue weighted by Crippen LogP contribution is 2.19. The van der Waals surface area contributed by atoms with Crippen LogP contribution in [0.1, 0.15) is 41.6 Å². The third kappa shape index (κ3) is 4.95. The van der Waals surface area contributed by atoms with Gasteiger partial charge in [-0.05, 0) is 62.8 Å². The Kier molecular flexibility index (Phi) is 7.41. The van der Waals surface area contributed by atoms with Crippen LogP contribution in [0.4, 0.5) is 4.39 Å². The van der Waals surface area contributed by atoms with Crippen molar-refractivity contribution in [2.24, 2.45) is 5.92 Å². The first-order valence-corrected chi connectivity index (χ1v) is 9.11. The molecule has 2 heterocycles. The highest BCUT2D eigenvalue weighted by atomic mass is 35.5. The third-order valence-electron chi connectivity index (χ3n) is 5.17. The van der Waals surface area contributed by atoms with Crippen LogP contribution in [0.5, 0.6) is 0 Å². The Labute approximate surface area is 160 Å². The molecule has 26 heavy (non-hydrogen) atoms. The molecule has 0 aromatic heterocycles. The maximum atomic E-state index is 13.7. The van der Waals surface area contributed by atoms with E-state index < -0.39 is 0 Å². The number of nitrogens with one attached hydrogen (secondary N) is 2. The van der Waals surface area contributed by atoms with Gasteiger partial charge in [0.15, 0.2) is 0 Å². The Balaban J connectivity index is 0.00000243. The molecule has 2 saturated heterocycles. The normalized spacial score (nSPS) is 22.6. The van der Waals surface area contributed by atoms with Crippen LogP contribution in [0.2, 0.25) is 0 Å². The Morgan fingerprint density at radius 2 is 2.12 bits per heavy atom. The minimum atomic E-state index is -0.351. The van der Waals surface area contributed by atoms with Crippen molar-refractivity contribution in [1.29, 1.82) is 0 Å². The number of benzene rings is 1. The van der Waals surface area contributed by atoms with E-state index in [9.17, 15) is 14.0 Å². The van der Waals surface area contributed by atoms with E-state index >= 15 is 0 Å². The average Bonchev–Trinajstić information content (AvgIpc) is 3.16. The lowest BCUT2D eigenvalue weighted by atomic mass is 9.97. The monoisotopic (exact) mass is 383 g/mol. The molecule has 3 rings (SSSR count). The summed E-state index contributed by atoms with van der Waals surface area (Å²) in [5.74, 6) is -0.178. The molecule has 0 radical (unpaired) electrons. The van der Waals surface area contributed by atoms with E-state index in [1.807, 2.05) is 0 Å². The molecule has 2 N–H and O–H groups in total. The van der Waals surface area contributed by atoms with Crippen LogP contribution in [0.3, 0.4) is 0 Å². The summed E-state index contributed by atoms with van der Waals surface area (Å²) in [5, 5.41) is 6.20. The number of amides is 2. The number of piperidine rings is 1. The maximum Gasteiger partial charge on any atom is 0.253 e. The molecule has 1 aromatic rings. The molecule has 2 aliphatic rings. The second kappa shape index (κ2) is 9.33. The predicted octanol–water partition coefficient (Wildman–Crippen LogP) is 2.28. The molecule has 2 amide bonds. The molecule has 0 bridgehead atoms. The molecular formula is C19H27ClFN3O2. The first kappa shape index (κ1) is 20.6. The summed E-state index contributed by atoms with van der Waals surface area (Å²) in [6.07, 6.45) is 3.82. The van der Waals surface area contributed by atoms with Crippen molar-refractivity contribution in [3.63, 3.8) is 0 Å². The first-order chi connectivity index (χ1) is 12.0. The van der Waals surface area contributed by atoms with Gasteiger partial charge < -0.3 is 15.5 Å². The number of halogens is 2. The van der Waals surface area contributed by atoms with Crippen LogP contribution in [0.15, 0.2) is 18.2 Å². The molecule has 2 unspecified atom stereocenters. The van der Waals surface area contributed by atoms with Crippen molar-refractivity contribution in [2.75, 3.05) is 26.2 Å². The molecule has 2 atom stereocenters. The second-order valence-electron chi connectivity index (χ2n) is 7.12. The summed E-state index contributed by atoms with van der Waals surface area (Å²) >= 11 is 0. The number of aryl methyl sites for hydroxylation is 1. The van der Waals surface area contributed by atoms with Crippen LogP contribution in [-0.4, -0.2) is 48.9 Å². The molecule has 5 nitrogen and oxygen atoms in total. The van der Waals surface area contributed by atoms with Gasteiger partial charge in [0.1, 0.15) is 5.82 Å². The van der Waals surface area contributed by atoms with Gasteiger partial charge in [0.2, 0.25) is 5.91 Å². The lowest BCUT2D eigenvalue weighted by Gasteiger charge is -2.33. The van der Waals surface area contributed by atoms with Gasteiger partial charge >= 0.3 is 0 Å². The van der Waals surface area contributed by atoms with Gasteiger partial charge in [-0.15, -0.1) is 12.4 Å². The van der Waals surface area contributed by atoms with Crippen LogP contribution in [0.25, 0.3) is 0 Å².